The molecular formula is C24H36O2Si2. The standard InChI is InChI=1S/C24H36O2Si2/c1-24(2,3)28(22-13-9-7-10-14-22,23-15-11-8-12-16-23)26-19-17-21(25)18-20-27(4,5)6/h7-16,18,20-21,25H,17,19H2,1-6H3/b20-18+/t21-/m0/s1. The summed E-state index contributed by atoms with van der Waals surface area (Å²) in [4.78, 5) is 0. The molecule has 0 spiro atoms. The predicted molar refractivity (Wildman–Crippen MR) is 127 cm³/mol. The Morgan fingerprint density at radius 1 is 0.893 bits per heavy atom. The number of rotatable bonds is 8. The van der Waals surface area contributed by atoms with E-state index in [1.807, 2.05) is 6.08 Å². The smallest absolute Gasteiger partial charge is 0.261 e. The van der Waals surface area contributed by atoms with Gasteiger partial charge in [0.05, 0.1) is 14.2 Å². The minimum atomic E-state index is -2.50. The number of benzene rings is 2. The molecule has 28 heavy (non-hydrogen) atoms. The van der Waals surface area contributed by atoms with Gasteiger partial charge in [0.2, 0.25) is 0 Å². The molecule has 0 aromatic heterocycles. The quantitative estimate of drug-likeness (QED) is 0.634. The van der Waals surface area contributed by atoms with Crippen molar-refractivity contribution in [3.63, 3.8) is 0 Å². The van der Waals surface area contributed by atoms with Crippen LogP contribution < -0.4 is 10.4 Å². The number of hydrogen-bond donors (Lipinski definition) is 1. The summed E-state index contributed by atoms with van der Waals surface area (Å²) in [6, 6.07) is 21.3. The Morgan fingerprint density at radius 2 is 1.36 bits per heavy atom. The van der Waals surface area contributed by atoms with Crippen LogP contribution >= 0.6 is 0 Å². The molecule has 0 heterocycles. The van der Waals surface area contributed by atoms with Crippen LogP contribution in [0, 0.1) is 0 Å². The van der Waals surface area contributed by atoms with Gasteiger partial charge in [-0.1, -0.05) is 113 Å². The van der Waals surface area contributed by atoms with Gasteiger partial charge in [-0.3, -0.25) is 0 Å². The van der Waals surface area contributed by atoms with Gasteiger partial charge >= 0.3 is 0 Å². The van der Waals surface area contributed by atoms with Gasteiger partial charge in [0.15, 0.2) is 0 Å². The van der Waals surface area contributed by atoms with E-state index in [0.29, 0.717) is 13.0 Å². The Morgan fingerprint density at radius 3 is 1.75 bits per heavy atom. The van der Waals surface area contributed by atoms with Crippen molar-refractivity contribution in [3.05, 3.63) is 72.4 Å². The average Bonchev–Trinajstić information content (AvgIpc) is 2.63. The fourth-order valence-electron chi connectivity index (χ4n) is 3.59. The van der Waals surface area contributed by atoms with Crippen molar-refractivity contribution in [1.82, 2.24) is 0 Å². The van der Waals surface area contributed by atoms with Gasteiger partial charge in [-0.05, 0) is 21.8 Å². The lowest BCUT2D eigenvalue weighted by Crippen LogP contribution is -2.66. The predicted octanol–water partition coefficient (Wildman–Crippen LogP) is 4.75. The van der Waals surface area contributed by atoms with Gasteiger partial charge in [0.25, 0.3) is 8.32 Å². The van der Waals surface area contributed by atoms with Gasteiger partial charge in [-0.25, -0.2) is 0 Å². The summed E-state index contributed by atoms with van der Waals surface area (Å²) in [6.45, 7) is 14.2. The topological polar surface area (TPSA) is 29.5 Å². The lowest BCUT2D eigenvalue weighted by molar-refractivity contribution is 0.174. The van der Waals surface area contributed by atoms with Gasteiger partial charge in [0, 0.05) is 6.61 Å². The maximum atomic E-state index is 10.4. The minimum Gasteiger partial charge on any atom is -0.407 e. The van der Waals surface area contributed by atoms with E-state index in [9.17, 15) is 5.11 Å². The SMILES string of the molecule is CC(C)(C)[Si](OCC[C@H](O)/C=C/[Si](C)(C)C)(c1ccccc1)c1ccccc1. The molecule has 2 aromatic carbocycles. The van der Waals surface area contributed by atoms with E-state index in [1.54, 1.807) is 0 Å². The molecule has 2 nitrogen and oxygen atoms in total. The van der Waals surface area contributed by atoms with E-state index in [0.717, 1.165) is 0 Å². The van der Waals surface area contributed by atoms with Crippen LogP contribution in [-0.4, -0.2) is 34.2 Å². The molecule has 1 atom stereocenters. The maximum Gasteiger partial charge on any atom is 0.261 e. The second kappa shape index (κ2) is 9.35. The van der Waals surface area contributed by atoms with Crippen LogP contribution in [0.4, 0.5) is 0 Å². The highest BCUT2D eigenvalue weighted by Gasteiger charge is 2.49. The summed E-state index contributed by atoms with van der Waals surface area (Å²) in [5.41, 5.74) is 2.21. The zero-order valence-corrected chi connectivity index (χ0v) is 20.3. The lowest BCUT2D eigenvalue weighted by atomic mass is 10.2. The Labute approximate surface area is 173 Å². The Hall–Kier alpha value is -1.47. The molecule has 1 N–H and O–H groups in total. The number of hydrogen-bond acceptors (Lipinski definition) is 2. The molecule has 0 aliphatic carbocycles. The fourth-order valence-corrected chi connectivity index (χ4v) is 8.97. The third-order valence-corrected chi connectivity index (χ3v) is 11.2. The van der Waals surface area contributed by atoms with Crippen LogP contribution in [0.25, 0.3) is 0 Å². The molecule has 2 rings (SSSR count). The van der Waals surface area contributed by atoms with Crippen molar-refractivity contribution in [2.24, 2.45) is 0 Å². The summed E-state index contributed by atoms with van der Waals surface area (Å²) >= 11 is 0. The highest BCUT2D eigenvalue weighted by atomic mass is 28.4. The van der Waals surface area contributed by atoms with Crippen molar-refractivity contribution in [3.8, 4) is 0 Å². The average molecular weight is 413 g/mol. The molecule has 0 saturated carbocycles. The number of aliphatic hydroxyl groups is 1. The molecular weight excluding hydrogens is 376 g/mol. The minimum absolute atomic E-state index is 0.0329. The molecule has 0 bridgehead atoms. The van der Waals surface area contributed by atoms with Gasteiger partial charge in [-0.2, -0.15) is 0 Å². The Bertz CT molecular complexity index is 704. The molecule has 152 valence electrons. The Kier molecular flexibility index (Phi) is 7.62. The van der Waals surface area contributed by atoms with Gasteiger partial charge in [-0.15, -0.1) is 0 Å². The van der Waals surface area contributed by atoms with E-state index in [1.165, 1.54) is 10.4 Å². The molecule has 0 fully saturated rings. The normalized spacial score (nSPS) is 14.4. The monoisotopic (exact) mass is 412 g/mol. The molecule has 0 saturated heterocycles. The van der Waals surface area contributed by atoms with Crippen LogP contribution in [0.2, 0.25) is 24.7 Å². The summed E-state index contributed by atoms with van der Waals surface area (Å²) in [5, 5.41) is 12.9. The first-order chi connectivity index (χ1) is 13.1. The van der Waals surface area contributed by atoms with Gasteiger partial charge in [0.1, 0.15) is 0 Å². The molecule has 4 heteroatoms. The van der Waals surface area contributed by atoms with Crippen molar-refractivity contribution in [2.75, 3.05) is 6.61 Å². The van der Waals surface area contributed by atoms with E-state index in [2.05, 4.69) is 107 Å². The third kappa shape index (κ3) is 5.77. The Balaban J connectivity index is 2.33. The first-order valence-electron chi connectivity index (χ1n) is 10.2. The fraction of sp³-hybridized carbons (Fsp3) is 0.417. The molecule has 0 amide bonds. The first-order valence-corrected chi connectivity index (χ1v) is 15.7. The summed E-state index contributed by atoms with van der Waals surface area (Å²) in [7, 11) is -3.81. The zero-order chi connectivity index (χ0) is 20.8. The van der Waals surface area contributed by atoms with Crippen molar-refractivity contribution >= 4 is 26.8 Å². The molecule has 0 aliphatic heterocycles. The van der Waals surface area contributed by atoms with Crippen molar-refractivity contribution in [2.45, 2.75) is 58.0 Å². The van der Waals surface area contributed by atoms with E-state index >= 15 is 0 Å². The molecule has 2 aromatic rings. The van der Waals surface area contributed by atoms with Gasteiger partial charge < -0.3 is 9.53 Å². The zero-order valence-electron chi connectivity index (χ0n) is 18.3. The third-order valence-electron chi connectivity index (χ3n) is 4.97. The second-order valence-corrected chi connectivity index (χ2v) is 19.0. The first kappa shape index (κ1) is 22.8. The lowest BCUT2D eigenvalue weighted by Gasteiger charge is -2.43. The molecule has 0 unspecified atom stereocenters. The van der Waals surface area contributed by atoms with E-state index in [-0.39, 0.29) is 5.04 Å². The van der Waals surface area contributed by atoms with Crippen LogP contribution in [0.3, 0.4) is 0 Å². The summed E-state index contributed by atoms with van der Waals surface area (Å²) in [6.07, 6.45) is 2.12. The van der Waals surface area contributed by atoms with Crippen LogP contribution in [0.5, 0.6) is 0 Å². The van der Waals surface area contributed by atoms with Crippen molar-refractivity contribution < 1.29 is 9.53 Å². The summed E-state index contributed by atoms with van der Waals surface area (Å²) < 4.78 is 6.83. The molecule has 0 aliphatic rings. The molecule has 0 radical (unpaired) electrons. The maximum absolute atomic E-state index is 10.4. The van der Waals surface area contributed by atoms with E-state index in [4.69, 9.17) is 4.43 Å². The van der Waals surface area contributed by atoms with Crippen molar-refractivity contribution in [1.29, 1.82) is 0 Å². The second-order valence-electron chi connectivity index (χ2n) is 9.59. The van der Waals surface area contributed by atoms with Crippen LogP contribution in [0.1, 0.15) is 27.2 Å². The summed E-state index contributed by atoms with van der Waals surface area (Å²) in [5.74, 6) is 0. The largest absolute Gasteiger partial charge is 0.407 e. The number of aliphatic hydroxyl groups excluding tert-OH is 1. The van der Waals surface area contributed by atoms with Crippen LogP contribution in [0.15, 0.2) is 72.4 Å². The highest BCUT2D eigenvalue weighted by molar-refractivity contribution is 6.99. The van der Waals surface area contributed by atoms with Crippen LogP contribution in [-0.2, 0) is 4.43 Å². The highest BCUT2D eigenvalue weighted by Crippen LogP contribution is 2.36. The van der Waals surface area contributed by atoms with E-state index < -0.39 is 22.5 Å².